The van der Waals surface area contributed by atoms with E-state index in [0.29, 0.717) is 29.8 Å². The molecular weight excluding hydrogens is 346 g/mol. The fourth-order valence-corrected chi connectivity index (χ4v) is 4.00. The Kier molecular flexibility index (Phi) is 7.77. The van der Waals surface area contributed by atoms with E-state index in [1.807, 2.05) is 18.8 Å². The summed E-state index contributed by atoms with van der Waals surface area (Å²) in [5.41, 5.74) is 0. The lowest BCUT2D eigenvalue weighted by molar-refractivity contribution is -0.119. The van der Waals surface area contributed by atoms with E-state index in [1.165, 1.54) is 23.5 Å². The largest absolute Gasteiger partial charge is 0.355 e. The Labute approximate surface area is 151 Å². The summed E-state index contributed by atoms with van der Waals surface area (Å²) in [5, 5.41) is 12.4. The van der Waals surface area contributed by atoms with Crippen LogP contribution in [0.2, 0.25) is 0 Å². The van der Waals surface area contributed by atoms with E-state index < -0.39 is 0 Å². The van der Waals surface area contributed by atoms with Crippen molar-refractivity contribution >= 4 is 45.2 Å². The first-order chi connectivity index (χ1) is 11.6. The van der Waals surface area contributed by atoms with Gasteiger partial charge < -0.3 is 10.2 Å². The summed E-state index contributed by atoms with van der Waals surface area (Å²) in [5.74, 6) is 2.33. The van der Waals surface area contributed by atoms with Crippen LogP contribution in [0.5, 0.6) is 0 Å². The van der Waals surface area contributed by atoms with Gasteiger partial charge in [-0.3, -0.25) is 14.5 Å². The Morgan fingerprint density at radius 1 is 1.42 bits per heavy atom. The molecule has 1 aromatic rings. The van der Waals surface area contributed by atoms with Gasteiger partial charge in [0.1, 0.15) is 0 Å². The number of nitrogens with one attached hydrogen (secondary N) is 1. The number of anilines is 2. The quantitative estimate of drug-likeness (QED) is 0.631. The molecule has 7 nitrogen and oxygen atoms in total. The molecule has 1 N–H and O–H groups in total. The van der Waals surface area contributed by atoms with Crippen LogP contribution in [-0.4, -0.2) is 60.2 Å². The molecule has 2 amide bonds. The third-order valence-electron chi connectivity index (χ3n) is 3.55. The van der Waals surface area contributed by atoms with Crippen molar-refractivity contribution in [1.29, 1.82) is 0 Å². The van der Waals surface area contributed by atoms with Crippen LogP contribution >= 0.6 is 23.1 Å². The van der Waals surface area contributed by atoms with Crippen molar-refractivity contribution in [2.24, 2.45) is 0 Å². The van der Waals surface area contributed by atoms with Gasteiger partial charge in [0, 0.05) is 26.6 Å². The summed E-state index contributed by atoms with van der Waals surface area (Å²) in [6.45, 7) is 3.81. The zero-order chi connectivity index (χ0) is 17.4. The van der Waals surface area contributed by atoms with Gasteiger partial charge in [0.2, 0.25) is 22.1 Å². The number of hydrogen-bond donors (Lipinski definition) is 1. The van der Waals surface area contributed by atoms with Crippen molar-refractivity contribution in [3.8, 4) is 0 Å². The highest BCUT2D eigenvalue weighted by atomic mass is 32.2. The Bertz CT molecular complexity index is 552. The van der Waals surface area contributed by atoms with Gasteiger partial charge in [0.05, 0.1) is 6.54 Å². The van der Waals surface area contributed by atoms with E-state index in [-0.39, 0.29) is 18.4 Å². The normalized spacial score (nSPS) is 14.2. The summed E-state index contributed by atoms with van der Waals surface area (Å²) in [7, 11) is 1.81. The highest BCUT2D eigenvalue weighted by molar-refractivity contribution is 7.99. The average Bonchev–Trinajstić information content (AvgIpc) is 3.19. The van der Waals surface area contributed by atoms with Gasteiger partial charge in [-0.2, -0.15) is 11.8 Å². The first kappa shape index (κ1) is 19.0. The molecule has 0 atom stereocenters. The summed E-state index contributed by atoms with van der Waals surface area (Å²) in [4.78, 5) is 27.1. The summed E-state index contributed by atoms with van der Waals surface area (Å²) in [6, 6.07) is 0. The number of hydrogen-bond acceptors (Lipinski definition) is 7. The van der Waals surface area contributed by atoms with Crippen molar-refractivity contribution in [3.05, 3.63) is 0 Å². The predicted octanol–water partition coefficient (Wildman–Crippen LogP) is 1.75. The minimum Gasteiger partial charge on any atom is -0.355 e. The fraction of sp³-hybridized carbons (Fsp3) is 0.733. The number of amides is 2. The Hall–Kier alpha value is -1.35. The molecule has 1 aliphatic heterocycles. The molecule has 2 heterocycles. The topological polar surface area (TPSA) is 78.4 Å². The second kappa shape index (κ2) is 9.83. The number of thioether (sulfide) groups is 1. The molecule has 0 spiro atoms. The summed E-state index contributed by atoms with van der Waals surface area (Å²) >= 11 is 3.27. The van der Waals surface area contributed by atoms with Gasteiger partial charge in [-0.05, 0) is 30.8 Å². The second-order valence-electron chi connectivity index (χ2n) is 5.69. The monoisotopic (exact) mass is 371 g/mol. The molecule has 0 unspecified atom stereocenters. The first-order valence-electron chi connectivity index (χ1n) is 8.31. The highest BCUT2D eigenvalue weighted by Gasteiger charge is 2.25. The lowest BCUT2D eigenvalue weighted by Crippen LogP contribution is -2.35. The molecule has 0 saturated carbocycles. The van der Waals surface area contributed by atoms with Crippen LogP contribution in [0.3, 0.4) is 0 Å². The maximum atomic E-state index is 12.0. The molecule has 0 aromatic carbocycles. The summed E-state index contributed by atoms with van der Waals surface area (Å²) < 4.78 is 0. The molecule has 1 aliphatic rings. The van der Waals surface area contributed by atoms with Gasteiger partial charge in [-0.25, -0.2) is 0 Å². The summed E-state index contributed by atoms with van der Waals surface area (Å²) in [6.07, 6.45) is 3.61. The average molecular weight is 372 g/mol. The minimum atomic E-state index is -0.0213. The maximum Gasteiger partial charge on any atom is 0.239 e. The van der Waals surface area contributed by atoms with E-state index >= 15 is 0 Å². The first-order valence-corrected chi connectivity index (χ1v) is 10.3. The van der Waals surface area contributed by atoms with E-state index in [0.717, 1.165) is 18.6 Å². The SMILES string of the molecule is CCCSCCCNC(=O)CN(C)c1nnc(N2CCCC2=O)s1. The molecule has 9 heteroatoms. The molecule has 1 aromatic heterocycles. The zero-order valence-electron chi connectivity index (χ0n) is 14.3. The molecule has 0 bridgehead atoms. The van der Waals surface area contributed by atoms with Crippen LogP contribution in [0.25, 0.3) is 0 Å². The third kappa shape index (κ3) is 5.62. The van der Waals surface area contributed by atoms with Gasteiger partial charge in [0.25, 0.3) is 0 Å². The van der Waals surface area contributed by atoms with Gasteiger partial charge in [-0.15, -0.1) is 10.2 Å². The molecular formula is C15H25N5O2S2. The lowest BCUT2D eigenvalue weighted by Gasteiger charge is -2.15. The Morgan fingerprint density at radius 2 is 2.25 bits per heavy atom. The van der Waals surface area contributed by atoms with Crippen LogP contribution in [0.4, 0.5) is 10.3 Å². The van der Waals surface area contributed by atoms with E-state index in [4.69, 9.17) is 0 Å². The number of nitrogens with zero attached hydrogens (tertiary/aromatic N) is 4. The fourth-order valence-electron chi connectivity index (χ4n) is 2.31. The third-order valence-corrected chi connectivity index (χ3v) is 5.89. The number of carbonyl (C=O) groups is 2. The van der Waals surface area contributed by atoms with Gasteiger partial charge >= 0.3 is 0 Å². The number of carbonyl (C=O) groups excluding carboxylic acids is 2. The Morgan fingerprint density at radius 3 is 2.96 bits per heavy atom. The molecule has 1 fully saturated rings. The van der Waals surface area contributed by atoms with Crippen LogP contribution in [0.15, 0.2) is 0 Å². The van der Waals surface area contributed by atoms with E-state index in [2.05, 4.69) is 22.4 Å². The second-order valence-corrected chi connectivity index (χ2v) is 7.85. The van der Waals surface area contributed by atoms with Crippen molar-refractivity contribution in [2.75, 3.05) is 48.0 Å². The zero-order valence-corrected chi connectivity index (χ0v) is 15.9. The van der Waals surface area contributed by atoms with Crippen molar-refractivity contribution in [2.45, 2.75) is 32.6 Å². The number of aromatic nitrogens is 2. The predicted molar refractivity (Wildman–Crippen MR) is 100 cm³/mol. The minimum absolute atomic E-state index is 0.0213. The van der Waals surface area contributed by atoms with Crippen LogP contribution in [-0.2, 0) is 9.59 Å². The standard InChI is InChI=1S/C15H25N5O2S2/c1-3-9-23-10-5-7-16-12(21)11-19(2)14-17-18-15(24-14)20-8-4-6-13(20)22/h3-11H2,1-2H3,(H,16,21). The van der Waals surface area contributed by atoms with Gasteiger partial charge in [-0.1, -0.05) is 18.3 Å². The van der Waals surface area contributed by atoms with E-state index in [1.54, 1.807) is 9.80 Å². The molecule has 134 valence electrons. The molecule has 2 rings (SSSR count). The molecule has 1 saturated heterocycles. The van der Waals surface area contributed by atoms with Gasteiger partial charge in [0.15, 0.2) is 0 Å². The molecule has 0 radical (unpaired) electrons. The molecule has 0 aliphatic carbocycles. The van der Waals surface area contributed by atoms with Crippen molar-refractivity contribution in [3.63, 3.8) is 0 Å². The van der Waals surface area contributed by atoms with Crippen molar-refractivity contribution < 1.29 is 9.59 Å². The Balaban J connectivity index is 1.72. The van der Waals surface area contributed by atoms with Crippen molar-refractivity contribution in [1.82, 2.24) is 15.5 Å². The maximum absolute atomic E-state index is 12.0. The number of likely N-dealkylation sites (N-methyl/N-ethyl adjacent to an activating group) is 1. The lowest BCUT2D eigenvalue weighted by atomic mass is 10.4. The smallest absolute Gasteiger partial charge is 0.239 e. The van der Waals surface area contributed by atoms with Crippen LogP contribution in [0.1, 0.15) is 32.6 Å². The highest BCUT2D eigenvalue weighted by Crippen LogP contribution is 2.29. The van der Waals surface area contributed by atoms with E-state index in [9.17, 15) is 9.59 Å². The molecule has 24 heavy (non-hydrogen) atoms. The number of rotatable bonds is 10. The van der Waals surface area contributed by atoms with Crippen LogP contribution in [0, 0.1) is 0 Å². The van der Waals surface area contributed by atoms with Crippen LogP contribution < -0.4 is 15.1 Å².